The SMILES string of the molecule is CCC(=O)c1ccc(OCC(=O)NC(CN2CCN(C)CC2)c2ccccc2)cc1. The molecule has 160 valence electrons. The van der Waals surface area contributed by atoms with Gasteiger partial charge in [0.25, 0.3) is 5.91 Å². The standard InChI is InChI=1S/C24H31N3O3/c1-3-23(28)20-9-11-21(12-10-20)30-18-24(29)25-22(19-7-5-4-6-8-19)17-27-15-13-26(2)14-16-27/h4-12,22H,3,13-18H2,1-2H3,(H,25,29). The molecule has 1 heterocycles. The van der Waals surface area contributed by atoms with Crippen LogP contribution in [-0.2, 0) is 4.79 Å². The van der Waals surface area contributed by atoms with E-state index in [0.717, 1.165) is 38.3 Å². The van der Waals surface area contributed by atoms with E-state index in [1.807, 2.05) is 37.3 Å². The van der Waals surface area contributed by atoms with Gasteiger partial charge in [0, 0.05) is 44.7 Å². The van der Waals surface area contributed by atoms with Gasteiger partial charge in [0.2, 0.25) is 0 Å². The maximum absolute atomic E-state index is 12.6. The molecule has 1 aliphatic heterocycles. The molecule has 6 nitrogen and oxygen atoms in total. The Hall–Kier alpha value is -2.70. The van der Waals surface area contributed by atoms with Crippen molar-refractivity contribution in [3.05, 3.63) is 65.7 Å². The first-order valence-electron chi connectivity index (χ1n) is 10.6. The predicted molar refractivity (Wildman–Crippen MR) is 118 cm³/mol. The molecule has 0 spiro atoms. The first kappa shape index (κ1) is 22.0. The molecule has 0 aliphatic carbocycles. The van der Waals surface area contributed by atoms with Crippen molar-refractivity contribution in [3.8, 4) is 5.75 Å². The molecule has 0 radical (unpaired) electrons. The van der Waals surface area contributed by atoms with Crippen LogP contribution in [0.5, 0.6) is 5.75 Å². The summed E-state index contributed by atoms with van der Waals surface area (Å²) in [6.07, 6.45) is 0.469. The molecular formula is C24H31N3O3. The third-order valence-corrected chi connectivity index (χ3v) is 5.44. The molecule has 0 bridgehead atoms. The molecule has 0 aromatic heterocycles. The average Bonchev–Trinajstić information content (AvgIpc) is 2.79. The Bertz CT molecular complexity index is 815. The van der Waals surface area contributed by atoms with E-state index in [1.54, 1.807) is 24.3 Å². The van der Waals surface area contributed by atoms with Crippen molar-refractivity contribution in [2.24, 2.45) is 0 Å². The monoisotopic (exact) mass is 409 g/mol. The van der Waals surface area contributed by atoms with Gasteiger partial charge in [0.1, 0.15) is 5.75 Å². The van der Waals surface area contributed by atoms with Gasteiger partial charge in [-0.05, 0) is 36.9 Å². The van der Waals surface area contributed by atoms with Crippen LogP contribution in [0.3, 0.4) is 0 Å². The molecule has 1 N–H and O–H groups in total. The molecule has 2 aromatic carbocycles. The fourth-order valence-electron chi connectivity index (χ4n) is 3.53. The lowest BCUT2D eigenvalue weighted by Gasteiger charge is -2.35. The van der Waals surface area contributed by atoms with Crippen LogP contribution in [0.15, 0.2) is 54.6 Å². The number of carbonyl (C=O) groups is 2. The van der Waals surface area contributed by atoms with Crippen LogP contribution < -0.4 is 10.1 Å². The third kappa shape index (κ3) is 6.40. The van der Waals surface area contributed by atoms with Crippen LogP contribution in [0.2, 0.25) is 0 Å². The van der Waals surface area contributed by atoms with E-state index in [4.69, 9.17) is 4.74 Å². The molecule has 6 heteroatoms. The number of carbonyl (C=O) groups excluding carboxylic acids is 2. The zero-order chi connectivity index (χ0) is 21.3. The van der Waals surface area contributed by atoms with Crippen molar-refractivity contribution < 1.29 is 14.3 Å². The molecule has 0 saturated carbocycles. The number of benzene rings is 2. The predicted octanol–water partition coefficient (Wildman–Crippen LogP) is 2.76. The van der Waals surface area contributed by atoms with Crippen LogP contribution >= 0.6 is 0 Å². The topological polar surface area (TPSA) is 61.9 Å². The number of Topliss-reactive ketones (excluding diaryl/α,β-unsaturated/α-hetero) is 1. The van der Waals surface area contributed by atoms with Gasteiger partial charge in [-0.3, -0.25) is 14.5 Å². The molecule has 1 unspecified atom stereocenters. The van der Waals surface area contributed by atoms with Crippen LogP contribution in [0.1, 0.15) is 35.3 Å². The summed E-state index contributed by atoms with van der Waals surface area (Å²) in [5.74, 6) is 0.508. The summed E-state index contributed by atoms with van der Waals surface area (Å²) in [6.45, 7) is 6.61. The molecule has 30 heavy (non-hydrogen) atoms. The summed E-state index contributed by atoms with van der Waals surface area (Å²) >= 11 is 0. The summed E-state index contributed by atoms with van der Waals surface area (Å²) in [5, 5.41) is 3.13. The number of nitrogens with zero attached hydrogens (tertiary/aromatic N) is 2. The van der Waals surface area contributed by atoms with Gasteiger partial charge in [-0.15, -0.1) is 0 Å². The van der Waals surface area contributed by atoms with E-state index in [1.165, 1.54) is 0 Å². The number of rotatable bonds is 9. The van der Waals surface area contributed by atoms with E-state index < -0.39 is 0 Å². The normalized spacial score (nSPS) is 16.1. The van der Waals surface area contributed by atoms with Gasteiger partial charge in [0.15, 0.2) is 12.4 Å². The average molecular weight is 410 g/mol. The highest BCUT2D eigenvalue weighted by atomic mass is 16.5. The van der Waals surface area contributed by atoms with Crippen molar-refractivity contribution in [2.45, 2.75) is 19.4 Å². The van der Waals surface area contributed by atoms with Crippen molar-refractivity contribution in [1.29, 1.82) is 0 Å². The van der Waals surface area contributed by atoms with E-state index in [9.17, 15) is 9.59 Å². The summed E-state index contributed by atoms with van der Waals surface area (Å²) < 4.78 is 5.63. The highest BCUT2D eigenvalue weighted by Gasteiger charge is 2.21. The van der Waals surface area contributed by atoms with Crippen LogP contribution in [0.4, 0.5) is 0 Å². The number of piperazine rings is 1. The van der Waals surface area contributed by atoms with Gasteiger partial charge < -0.3 is 15.0 Å². The van der Waals surface area contributed by atoms with E-state index >= 15 is 0 Å². The second kappa shape index (κ2) is 10.9. The van der Waals surface area contributed by atoms with Gasteiger partial charge >= 0.3 is 0 Å². The van der Waals surface area contributed by atoms with Gasteiger partial charge in [-0.25, -0.2) is 0 Å². The van der Waals surface area contributed by atoms with Crippen LogP contribution in [-0.4, -0.2) is 67.9 Å². The maximum atomic E-state index is 12.6. The molecule has 1 saturated heterocycles. The van der Waals surface area contributed by atoms with Gasteiger partial charge in [0.05, 0.1) is 6.04 Å². The fourth-order valence-corrected chi connectivity index (χ4v) is 3.53. The zero-order valence-electron chi connectivity index (χ0n) is 17.8. The minimum Gasteiger partial charge on any atom is -0.484 e. The third-order valence-electron chi connectivity index (χ3n) is 5.44. The van der Waals surface area contributed by atoms with Crippen LogP contribution in [0, 0.1) is 0 Å². The minimum absolute atomic E-state index is 0.0624. The van der Waals surface area contributed by atoms with Crippen molar-refractivity contribution in [1.82, 2.24) is 15.1 Å². The molecule has 1 amide bonds. The number of hydrogen-bond donors (Lipinski definition) is 1. The number of ketones is 1. The lowest BCUT2D eigenvalue weighted by atomic mass is 10.1. The van der Waals surface area contributed by atoms with E-state index in [2.05, 4.69) is 22.2 Å². The smallest absolute Gasteiger partial charge is 0.258 e. The number of likely N-dealkylation sites (N-methyl/N-ethyl adjacent to an activating group) is 1. The summed E-state index contributed by atoms with van der Waals surface area (Å²) in [7, 11) is 2.13. The summed E-state index contributed by atoms with van der Waals surface area (Å²) in [4.78, 5) is 29.0. The lowest BCUT2D eigenvalue weighted by Crippen LogP contribution is -2.48. The zero-order valence-corrected chi connectivity index (χ0v) is 17.8. The molecule has 1 aliphatic rings. The molecule has 1 fully saturated rings. The first-order chi connectivity index (χ1) is 14.5. The Kier molecular flexibility index (Phi) is 7.99. The van der Waals surface area contributed by atoms with Crippen molar-refractivity contribution >= 4 is 11.7 Å². The second-order valence-corrected chi connectivity index (χ2v) is 7.72. The molecule has 2 aromatic rings. The van der Waals surface area contributed by atoms with Gasteiger partial charge in [-0.2, -0.15) is 0 Å². The maximum Gasteiger partial charge on any atom is 0.258 e. The fraction of sp³-hybridized carbons (Fsp3) is 0.417. The number of nitrogens with one attached hydrogen (secondary N) is 1. The Morgan fingerprint density at radius 3 is 2.30 bits per heavy atom. The van der Waals surface area contributed by atoms with Crippen molar-refractivity contribution in [2.75, 3.05) is 46.4 Å². The highest BCUT2D eigenvalue weighted by Crippen LogP contribution is 2.16. The number of ether oxygens (including phenoxy) is 1. The van der Waals surface area contributed by atoms with E-state index in [-0.39, 0.29) is 24.3 Å². The molecular weight excluding hydrogens is 378 g/mol. The number of amides is 1. The largest absolute Gasteiger partial charge is 0.484 e. The quantitative estimate of drug-likeness (QED) is 0.646. The molecule has 1 atom stereocenters. The number of hydrogen-bond acceptors (Lipinski definition) is 5. The minimum atomic E-state index is -0.160. The Morgan fingerprint density at radius 1 is 1.00 bits per heavy atom. The molecule has 3 rings (SSSR count). The second-order valence-electron chi connectivity index (χ2n) is 7.72. The first-order valence-corrected chi connectivity index (χ1v) is 10.6. The Labute approximate surface area is 178 Å². The lowest BCUT2D eigenvalue weighted by molar-refractivity contribution is -0.124. The highest BCUT2D eigenvalue weighted by molar-refractivity contribution is 5.95. The van der Waals surface area contributed by atoms with E-state index in [0.29, 0.717) is 17.7 Å². The van der Waals surface area contributed by atoms with Crippen molar-refractivity contribution in [3.63, 3.8) is 0 Å². The van der Waals surface area contributed by atoms with Gasteiger partial charge in [-0.1, -0.05) is 37.3 Å². The Morgan fingerprint density at radius 2 is 1.67 bits per heavy atom. The van der Waals surface area contributed by atoms with Crippen LogP contribution in [0.25, 0.3) is 0 Å². The Balaban J connectivity index is 1.57. The summed E-state index contributed by atoms with van der Waals surface area (Å²) in [6, 6.07) is 16.9. The summed E-state index contributed by atoms with van der Waals surface area (Å²) in [5.41, 5.74) is 1.75.